The molecule has 0 heterocycles. The second-order valence-electron chi connectivity index (χ2n) is 8.41. The molecular formula is C14H21N3O9. The Bertz CT molecular complexity index is 605. The summed E-state index contributed by atoms with van der Waals surface area (Å²) >= 11 is 0. The van der Waals surface area contributed by atoms with E-state index in [1.165, 1.54) is 0 Å². The second kappa shape index (κ2) is 5.81. The van der Waals surface area contributed by atoms with Crippen LogP contribution < -0.4 is 0 Å². The van der Waals surface area contributed by atoms with Crippen LogP contribution in [0.1, 0.15) is 51.9 Å². The predicted octanol–water partition coefficient (Wildman–Crippen LogP) is 2.10. The summed E-state index contributed by atoms with van der Waals surface area (Å²) in [5.74, 6) is 0. The minimum Gasteiger partial charge on any atom is -0.313 e. The van der Waals surface area contributed by atoms with Crippen molar-refractivity contribution < 1.29 is 29.8 Å². The van der Waals surface area contributed by atoms with E-state index in [2.05, 4.69) is 9.68 Å². The molecule has 146 valence electrons. The zero-order valence-electron chi connectivity index (χ0n) is 14.4. The van der Waals surface area contributed by atoms with Gasteiger partial charge in [-0.1, -0.05) is 13.3 Å². The van der Waals surface area contributed by atoms with Crippen molar-refractivity contribution in [2.45, 2.75) is 57.5 Å². The maximum absolute atomic E-state index is 11.1. The molecule has 0 radical (unpaired) electrons. The molecule has 0 amide bonds. The van der Waals surface area contributed by atoms with Gasteiger partial charge in [-0.2, -0.15) is 0 Å². The van der Waals surface area contributed by atoms with Crippen molar-refractivity contribution in [2.75, 3.05) is 13.2 Å². The summed E-state index contributed by atoms with van der Waals surface area (Å²) in [6.45, 7) is 1.55. The van der Waals surface area contributed by atoms with Crippen LogP contribution in [0.25, 0.3) is 0 Å². The van der Waals surface area contributed by atoms with Gasteiger partial charge >= 0.3 is 0 Å². The van der Waals surface area contributed by atoms with E-state index in [4.69, 9.17) is 4.84 Å². The molecule has 2 unspecified atom stereocenters. The van der Waals surface area contributed by atoms with Crippen LogP contribution in [-0.2, 0) is 14.5 Å². The van der Waals surface area contributed by atoms with Crippen molar-refractivity contribution in [3.8, 4) is 0 Å². The van der Waals surface area contributed by atoms with Gasteiger partial charge in [0.1, 0.15) is 18.8 Å². The van der Waals surface area contributed by atoms with Crippen LogP contribution in [0.4, 0.5) is 0 Å². The Labute approximate surface area is 148 Å². The lowest BCUT2D eigenvalue weighted by Gasteiger charge is -2.69. The molecule has 12 heteroatoms. The zero-order chi connectivity index (χ0) is 19.2. The smallest absolute Gasteiger partial charge is 0.295 e. The fourth-order valence-electron chi connectivity index (χ4n) is 6.50. The molecule has 26 heavy (non-hydrogen) atoms. The summed E-state index contributed by atoms with van der Waals surface area (Å²) < 4.78 is 0. The van der Waals surface area contributed by atoms with Crippen molar-refractivity contribution in [1.29, 1.82) is 0 Å². The first-order valence-electron chi connectivity index (χ1n) is 8.44. The predicted molar refractivity (Wildman–Crippen MR) is 82.0 cm³/mol. The number of rotatable bonds is 9. The summed E-state index contributed by atoms with van der Waals surface area (Å²) in [7, 11) is 0. The fraction of sp³-hybridized carbons (Fsp3) is 1.00. The third kappa shape index (κ3) is 3.19. The minimum absolute atomic E-state index is 0.204. The molecule has 0 aromatic carbocycles. The average molecular weight is 375 g/mol. The molecule has 12 nitrogen and oxygen atoms in total. The average Bonchev–Trinajstić information content (AvgIpc) is 2.49. The molecule has 0 spiro atoms. The lowest BCUT2D eigenvalue weighted by Crippen LogP contribution is -2.67. The minimum atomic E-state index is -1.12. The summed E-state index contributed by atoms with van der Waals surface area (Å²) in [5, 5.41) is 30.0. The van der Waals surface area contributed by atoms with E-state index in [1.807, 2.05) is 6.92 Å². The highest BCUT2D eigenvalue weighted by molar-refractivity contribution is 5.18. The zero-order valence-corrected chi connectivity index (χ0v) is 14.4. The van der Waals surface area contributed by atoms with Crippen LogP contribution in [0, 0.1) is 46.6 Å². The Balaban J connectivity index is 1.98. The quantitative estimate of drug-likeness (QED) is 0.434. The Morgan fingerprint density at radius 1 is 0.731 bits per heavy atom. The van der Waals surface area contributed by atoms with Gasteiger partial charge in [0.05, 0.1) is 0 Å². The molecule has 0 aromatic heterocycles. The summed E-state index contributed by atoms with van der Waals surface area (Å²) in [6.07, 6.45) is 3.33. The summed E-state index contributed by atoms with van der Waals surface area (Å²) in [6, 6.07) is 0. The Hall–Kier alpha value is -2.40. The number of hydrogen-bond donors (Lipinski definition) is 0. The van der Waals surface area contributed by atoms with Crippen molar-refractivity contribution in [1.82, 2.24) is 0 Å². The van der Waals surface area contributed by atoms with E-state index in [0.29, 0.717) is 32.1 Å². The SMILES string of the molecule is CCC12CC3(CO[N+](=O)[O-])CC(CO[N+](=O)[O-])(C1)CC(O[N+](=O)[O-])(C2)C3. The molecule has 4 bridgehead atoms. The highest BCUT2D eigenvalue weighted by Gasteiger charge is 2.69. The van der Waals surface area contributed by atoms with Gasteiger partial charge < -0.3 is 14.5 Å². The van der Waals surface area contributed by atoms with Crippen LogP contribution >= 0.6 is 0 Å². The number of nitrogens with zero attached hydrogens (tertiary/aromatic N) is 3. The Kier molecular flexibility index (Phi) is 4.11. The first kappa shape index (κ1) is 18.4. The third-order valence-corrected chi connectivity index (χ3v) is 6.31. The van der Waals surface area contributed by atoms with E-state index in [0.717, 1.165) is 0 Å². The van der Waals surface area contributed by atoms with Gasteiger partial charge in [-0.3, -0.25) is 0 Å². The molecular weight excluding hydrogens is 354 g/mol. The van der Waals surface area contributed by atoms with Crippen molar-refractivity contribution in [2.24, 2.45) is 16.2 Å². The van der Waals surface area contributed by atoms with Gasteiger partial charge in [-0.15, -0.1) is 30.3 Å². The molecule has 4 aliphatic rings. The van der Waals surface area contributed by atoms with Gasteiger partial charge in [0, 0.05) is 0 Å². The summed E-state index contributed by atoms with van der Waals surface area (Å²) in [4.78, 5) is 47.0. The van der Waals surface area contributed by atoms with Gasteiger partial charge in [0.25, 0.3) is 15.3 Å². The van der Waals surface area contributed by atoms with Gasteiger partial charge in [0.15, 0.2) is 0 Å². The molecule has 0 N–H and O–H groups in total. The van der Waals surface area contributed by atoms with Crippen LogP contribution in [0.2, 0.25) is 0 Å². The van der Waals surface area contributed by atoms with Crippen LogP contribution in [-0.4, -0.2) is 34.1 Å². The largest absolute Gasteiger partial charge is 0.313 e. The maximum atomic E-state index is 11.1. The lowest BCUT2D eigenvalue weighted by atomic mass is 9.38. The topological polar surface area (TPSA) is 157 Å². The van der Waals surface area contributed by atoms with Crippen LogP contribution in [0.15, 0.2) is 0 Å². The first-order valence-corrected chi connectivity index (χ1v) is 8.44. The molecule has 0 aromatic rings. The lowest BCUT2D eigenvalue weighted by molar-refractivity contribution is -0.790. The third-order valence-electron chi connectivity index (χ3n) is 6.31. The van der Waals surface area contributed by atoms with Crippen molar-refractivity contribution in [3.63, 3.8) is 0 Å². The van der Waals surface area contributed by atoms with E-state index >= 15 is 0 Å². The van der Waals surface area contributed by atoms with Gasteiger partial charge in [-0.05, 0) is 54.8 Å². The molecule has 4 fully saturated rings. The van der Waals surface area contributed by atoms with Gasteiger partial charge in [-0.25, -0.2) is 0 Å². The van der Waals surface area contributed by atoms with E-state index in [1.54, 1.807) is 0 Å². The molecule has 2 atom stereocenters. The molecule has 0 aliphatic heterocycles. The van der Waals surface area contributed by atoms with E-state index in [9.17, 15) is 30.3 Å². The van der Waals surface area contributed by atoms with Gasteiger partial charge in [0.2, 0.25) is 0 Å². The Morgan fingerprint density at radius 3 is 1.54 bits per heavy atom. The molecule has 4 aliphatic carbocycles. The maximum Gasteiger partial charge on any atom is 0.295 e. The highest BCUT2D eigenvalue weighted by atomic mass is 17.0. The van der Waals surface area contributed by atoms with Crippen molar-refractivity contribution in [3.05, 3.63) is 30.3 Å². The standard InChI is InChI=1S/C14H21N3O9/c1-2-11-3-12(9-24-15(18)19)5-13(4-11,10-25-16(20)21)8-14(6-11,7-12)26-17(22)23/h2-10H2,1H3. The normalized spacial score (nSPS) is 40.0. The van der Waals surface area contributed by atoms with E-state index in [-0.39, 0.29) is 31.5 Å². The molecule has 4 saturated carbocycles. The second-order valence-corrected chi connectivity index (χ2v) is 8.41. The summed E-state index contributed by atoms with van der Waals surface area (Å²) in [5.41, 5.74) is -2.86. The Morgan fingerprint density at radius 2 is 1.15 bits per heavy atom. The van der Waals surface area contributed by atoms with Crippen LogP contribution in [0.3, 0.4) is 0 Å². The fourth-order valence-corrected chi connectivity index (χ4v) is 6.50. The highest BCUT2D eigenvalue weighted by Crippen LogP contribution is 2.72. The van der Waals surface area contributed by atoms with Crippen LogP contribution in [0.5, 0.6) is 0 Å². The first-order chi connectivity index (χ1) is 12.1. The molecule has 0 saturated heterocycles. The van der Waals surface area contributed by atoms with Crippen molar-refractivity contribution >= 4 is 0 Å². The molecule has 4 rings (SSSR count). The monoisotopic (exact) mass is 375 g/mol. The van der Waals surface area contributed by atoms with E-state index < -0.39 is 31.7 Å². The number of hydrogen-bond acceptors (Lipinski definition) is 9.